The number of likely N-dealkylation sites (N-methyl/N-ethyl adjacent to an activating group) is 1. The Morgan fingerprint density at radius 2 is 1.54 bits per heavy atom. The monoisotopic (exact) mass is 497 g/mol. The molecule has 0 aliphatic heterocycles. The fourth-order valence-corrected chi connectivity index (χ4v) is 4.27. The molecule has 8 heteroatoms. The van der Waals surface area contributed by atoms with Crippen LogP contribution >= 0.6 is 0 Å². The van der Waals surface area contributed by atoms with Crippen molar-refractivity contribution in [3.8, 4) is 11.1 Å². The van der Waals surface area contributed by atoms with Crippen LogP contribution in [0.1, 0.15) is 31.0 Å². The van der Waals surface area contributed by atoms with Gasteiger partial charge in [-0.15, -0.1) is 0 Å². The molecule has 1 unspecified atom stereocenters. The van der Waals surface area contributed by atoms with E-state index in [2.05, 4.69) is 34.6 Å². The first-order valence-corrected chi connectivity index (χ1v) is 12.2. The van der Waals surface area contributed by atoms with Gasteiger partial charge < -0.3 is 16.0 Å². The van der Waals surface area contributed by atoms with E-state index in [9.17, 15) is 14.4 Å². The summed E-state index contributed by atoms with van der Waals surface area (Å²) in [4.78, 5) is 42.0. The van der Waals surface area contributed by atoms with Crippen molar-refractivity contribution in [2.45, 2.75) is 26.4 Å². The number of nitrogens with zero attached hydrogens (tertiary/aromatic N) is 2. The molecule has 0 saturated carbocycles. The predicted octanol–water partition coefficient (Wildman–Crippen LogP) is 3.54. The Labute approximate surface area is 215 Å². The number of hydrogen-bond acceptors (Lipinski definition) is 5. The van der Waals surface area contributed by atoms with Crippen molar-refractivity contribution in [3.63, 3.8) is 0 Å². The Balaban J connectivity index is 1.49. The van der Waals surface area contributed by atoms with Gasteiger partial charge in [-0.05, 0) is 36.1 Å². The fraction of sp³-hybridized carbons (Fsp3) is 0.207. The zero-order chi connectivity index (χ0) is 26.4. The van der Waals surface area contributed by atoms with Gasteiger partial charge in [-0.3, -0.25) is 19.1 Å². The largest absolute Gasteiger partial charge is 0.383 e. The highest BCUT2D eigenvalue weighted by Gasteiger charge is 2.23. The summed E-state index contributed by atoms with van der Waals surface area (Å²) in [5, 5.41) is 3.23. The SMILES string of the molecule is CCN(C(=O)CNC(C)c1ccc(-c2ccccc2)cc1)c1c(N)n(Cc2ccccc2)c(=O)[nH]c1=O. The van der Waals surface area contributed by atoms with Gasteiger partial charge in [0.1, 0.15) is 5.82 Å². The van der Waals surface area contributed by atoms with Crippen LogP contribution in [0.2, 0.25) is 0 Å². The van der Waals surface area contributed by atoms with Crippen LogP contribution in [-0.2, 0) is 11.3 Å². The molecule has 1 amide bonds. The Morgan fingerprint density at radius 1 is 0.946 bits per heavy atom. The van der Waals surface area contributed by atoms with Crippen molar-refractivity contribution in [3.05, 3.63) is 117 Å². The number of carbonyl (C=O) groups is 1. The average molecular weight is 498 g/mol. The first-order chi connectivity index (χ1) is 17.9. The number of nitrogens with two attached hydrogens (primary N) is 1. The molecular formula is C29H31N5O3. The molecule has 0 spiro atoms. The van der Waals surface area contributed by atoms with Crippen LogP contribution < -0.4 is 27.2 Å². The van der Waals surface area contributed by atoms with Crippen molar-refractivity contribution >= 4 is 17.4 Å². The molecule has 4 N–H and O–H groups in total. The van der Waals surface area contributed by atoms with Gasteiger partial charge in [0.25, 0.3) is 5.56 Å². The highest BCUT2D eigenvalue weighted by atomic mass is 16.2. The molecule has 3 aromatic carbocycles. The van der Waals surface area contributed by atoms with Gasteiger partial charge in [0, 0.05) is 12.6 Å². The van der Waals surface area contributed by atoms with E-state index in [1.807, 2.05) is 67.6 Å². The number of aromatic amines is 1. The maximum Gasteiger partial charge on any atom is 0.330 e. The molecule has 1 aromatic heterocycles. The Morgan fingerprint density at radius 3 is 2.16 bits per heavy atom. The van der Waals surface area contributed by atoms with Crippen LogP contribution in [0.5, 0.6) is 0 Å². The third-order valence-corrected chi connectivity index (χ3v) is 6.36. The fourth-order valence-electron chi connectivity index (χ4n) is 4.27. The second-order valence-electron chi connectivity index (χ2n) is 8.79. The molecule has 190 valence electrons. The molecule has 4 aromatic rings. The Bertz CT molecular complexity index is 1460. The van der Waals surface area contributed by atoms with E-state index in [-0.39, 0.29) is 43.1 Å². The summed E-state index contributed by atoms with van der Waals surface area (Å²) < 4.78 is 1.27. The maximum atomic E-state index is 13.2. The Hall–Kier alpha value is -4.43. The lowest BCUT2D eigenvalue weighted by Gasteiger charge is -2.24. The molecule has 4 rings (SSSR count). The highest BCUT2D eigenvalue weighted by molar-refractivity contribution is 5.96. The summed E-state index contributed by atoms with van der Waals surface area (Å²) in [7, 11) is 0. The predicted molar refractivity (Wildman–Crippen MR) is 148 cm³/mol. The topological polar surface area (TPSA) is 113 Å². The van der Waals surface area contributed by atoms with E-state index in [1.54, 1.807) is 6.92 Å². The van der Waals surface area contributed by atoms with Crippen molar-refractivity contribution in [2.75, 3.05) is 23.7 Å². The molecule has 8 nitrogen and oxygen atoms in total. The van der Waals surface area contributed by atoms with Crippen molar-refractivity contribution in [1.29, 1.82) is 0 Å². The number of nitrogen functional groups attached to an aromatic ring is 1. The van der Waals surface area contributed by atoms with Crippen LogP contribution in [0.4, 0.5) is 11.5 Å². The molecule has 1 heterocycles. The molecule has 0 radical (unpaired) electrons. The summed E-state index contributed by atoms with van der Waals surface area (Å²) in [6.07, 6.45) is 0. The molecule has 0 aliphatic carbocycles. The van der Waals surface area contributed by atoms with Gasteiger partial charge in [0.2, 0.25) is 5.91 Å². The minimum absolute atomic E-state index is 0.00780. The number of hydrogen-bond donors (Lipinski definition) is 3. The van der Waals surface area contributed by atoms with Crippen molar-refractivity contribution in [2.24, 2.45) is 0 Å². The molecule has 1 atom stereocenters. The lowest BCUT2D eigenvalue weighted by Crippen LogP contribution is -2.44. The number of anilines is 2. The summed E-state index contributed by atoms with van der Waals surface area (Å²) in [6.45, 7) is 4.12. The molecule has 0 saturated heterocycles. The number of aromatic nitrogens is 2. The van der Waals surface area contributed by atoms with Gasteiger partial charge in [-0.2, -0.15) is 0 Å². The number of H-pyrrole nitrogens is 1. The lowest BCUT2D eigenvalue weighted by molar-refractivity contribution is -0.117. The van der Waals surface area contributed by atoms with Gasteiger partial charge in [-0.1, -0.05) is 84.9 Å². The van der Waals surface area contributed by atoms with E-state index in [4.69, 9.17) is 5.73 Å². The van der Waals surface area contributed by atoms with Gasteiger partial charge in [0.15, 0.2) is 5.69 Å². The first kappa shape index (κ1) is 25.7. The van der Waals surface area contributed by atoms with Gasteiger partial charge >= 0.3 is 5.69 Å². The summed E-state index contributed by atoms with van der Waals surface area (Å²) in [5.74, 6) is -0.366. The zero-order valence-corrected chi connectivity index (χ0v) is 21.0. The molecule has 0 bridgehead atoms. The second kappa shape index (κ2) is 11.5. The number of amides is 1. The van der Waals surface area contributed by atoms with Crippen LogP contribution in [-0.4, -0.2) is 28.5 Å². The van der Waals surface area contributed by atoms with Crippen LogP contribution in [0.3, 0.4) is 0 Å². The van der Waals surface area contributed by atoms with Crippen molar-refractivity contribution < 1.29 is 4.79 Å². The second-order valence-corrected chi connectivity index (χ2v) is 8.79. The zero-order valence-electron chi connectivity index (χ0n) is 21.0. The summed E-state index contributed by atoms with van der Waals surface area (Å²) in [5.41, 5.74) is 9.08. The van der Waals surface area contributed by atoms with E-state index in [1.165, 1.54) is 9.47 Å². The quantitative estimate of drug-likeness (QED) is 0.327. The van der Waals surface area contributed by atoms with Crippen LogP contribution in [0.25, 0.3) is 11.1 Å². The van der Waals surface area contributed by atoms with E-state index >= 15 is 0 Å². The number of benzene rings is 3. The standard InChI is InChI=1S/C29H31N5O3/c1-3-33(26-27(30)34(29(37)32-28(26)36)19-21-10-6-4-7-11-21)25(35)18-31-20(2)22-14-16-24(17-15-22)23-12-8-5-9-13-23/h4-17,20,31H,3,18-19,30H2,1-2H3,(H,32,36,37). The number of carbonyl (C=O) groups excluding carboxylic acids is 1. The highest BCUT2D eigenvalue weighted by Crippen LogP contribution is 2.22. The number of rotatable bonds is 9. The van der Waals surface area contributed by atoms with Gasteiger partial charge in [0.05, 0.1) is 13.1 Å². The third-order valence-electron chi connectivity index (χ3n) is 6.36. The van der Waals surface area contributed by atoms with Crippen LogP contribution in [0.15, 0.2) is 94.5 Å². The minimum Gasteiger partial charge on any atom is -0.383 e. The molecular weight excluding hydrogens is 466 g/mol. The maximum absolute atomic E-state index is 13.2. The molecule has 37 heavy (non-hydrogen) atoms. The van der Waals surface area contributed by atoms with Crippen LogP contribution in [0, 0.1) is 0 Å². The first-order valence-electron chi connectivity index (χ1n) is 12.2. The normalized spacial score (nSPS) is 11.7. The minimum atomic E-state index is -0.688. The van der Waals surface area contributed by atoms with E-state index in [0.29, 0.717) is 0 Å². The molecule has 0 aliphatic rings. The Kier molecular flexibility index (Phi) is 8.00. The smallest absolute Gasteiger partial charge is 0.330 e. The lowest BCUT2D eigenvalue weighted by atomic mass is 10.0. The summed E-state index contributed by atoms with van der Waals surface area (Å²) in [6, 6.07) is 27.5. The van der Waals surface area contributed by atoms with Crippen molar-refractivity contribution in [1.82, 2.24) is 14.9 Å². The van der Waals surface area contributed by atoms with E-state index < -0.39 is 11.2 Å². The number of nitrogens with one attached hydrogen (secondary N) is 2. The van der Waals surface area contributed by atoms with E-state index in [0.717, 1.165) is 22.3 Å². The molecule has 0 fully saturated rings. The van der Waals surface area contributed by atoms with Gasteiger partial charge in [-0.25, -0.2) is 4.79 Å². The average Bonchev–Trinajstić information content (AvgIpc) is 2.93. The third kappa shape index (κ3) is 5.87. The summed E-state index contributed by atoms with van der Waals surface area (Å²) >= 11 is 0.